The van der Waals surface area contributed by atoms with Crippen LogP contribution in [0.15, 0.2) is 12.1 Å². The number of rotatable bonds is 5. The topological polar surface area (TPSA) is 64.3 Å². The van der Waals surface area contributed by atoms with Crippen LogP contribution in [0.3, 0.4) is 0 Å². The van der Waals surface area contributed by atoms with Gasteiger partial charge in [0.25, 0.3) is 0 Å². The fourth-order valence-electron chi connectivity index (χ4n) is 1.54. The summed E-state index contributed by atoms with van der Waals surface area (Å²) in [5.41, 5.74) is 8.67. The lowest BCUT2D eigenvalue weighted by atomic mass is 10.1. The molecule has 94 valence electrons. The molecule has 4 nitrogen and oxygen atoms in total. The number of nitrogens with two attached hydrogens (primary N) is 1. The Morgan fingerprint density at radius 3 is 2.71 bits per heavy atom. The van der Waals surface area contributed by atoms with E-state index < -0.39 is 0 Å². The van der Waals surface area contributed by atoms with Crippen molar-refractivity contribution in [3.8, 4) is 5.75 Å². The molecule has 17 heavy (non-hydrogen) atoms. The molecule has 0 aliphatic heterocycles. The molecule has 0 saturated heterocycles. The summed E-state index contributed by atoms with van der Waals surface area (Å²) in [6, 6.07) is 3.84. The number of benzene rings is 1. The number of nitrogens with one attached hydrogen (secondary N) is 1. The Bertz CT molecular complexity index is 403. The van der Waals surface area contributed by atoms with Crippen LogP contribution in [-0.2, 0) is 4.79 Å². The average Bonchev–Trinajstić information content (AvgIpc) is 2.30. The smallest absolute Gasteiger partial charge is 0.219 e. The van der Waals surface area contributed by atoms with Crippen LogP contribution in [0.2, 0.25) is 0 Å². The zero-order valence-electron chi connectivity index (χ0n) is 10.7. The molecule has 0 bridgehead atoms. The minimum atomic E-state index is 0.0359. The SMILES string of the molecule is CNC(=O)CCCOc1cc(N)c(C)cc1C. The van der Waals surface area contributed by atoms with Crippen LogP contribution in [0, 0.1) is 13.8 Å². The average molecular weight is 236 g/mol. The Balaban J connectivity index is 2.47. The number of hydrogen-bond acceptors (Lipinski definition) is 3. The number of hydrogen-bond donors (Lipinski definition) is 2. The Kier molecular flexibility index (Phi) is 4.82. The number of anilines is 1. The molecule has 1 amide bonds. The first-order chi connectivity index (χ1) is 8.04. The normalized spacial score (nSPS) is 10.1. The Morgan fingerprint density at radius 1 is 1.35 bits per heavy atom. The van der Waals surface area contributed by atoms with Gasteiger partial charge in [-0.1, -0.05) is 6.07 Å². The summed E-state index contributed by atoms with van der Waals surface area (Å²) in [5.74, 6) is 0.832. The zero-order valence-corrected chi connectivity index (χ0v) is 10.7. The van der Waals surface area contributed by atoms with Crippen molar-refractivity contribution >= 4 is 11.6 Å². The second kappa shape index (κ2) is 6.13. The van der Waals surface area contributed by atoms with Crippen LogP contribution >= 0.6 is 0 Å². The fourth-order valence-corrected chi connectivity index (χ4v) is 1.54. The van der Waals surface area contributed by atoms with Gasteiger partial charge in [-0.25, -0.2) is 0 Å². The summed E-state index contributed by atoms with van der Waals surface area (Å²) in [5, 5.41) is 2.58. The first kappa shape index (κ1) is 13.4. The van der Waals surface area contributed by atoms with Gasteiger partial charge in [0.2, 0.25) is 5.91 Å². The van der Waals surface area contributed by atoms with E-state index in [0.29, 0.717) is 19.4 Å². The van der Waals surface area contributed by atoms with E-state index in [-0.39, 0.29) is 5.91 Å². The molecular formula is C13H20N2O2. The van der Waals surface area contributed by atoms with E-state index in [1.807, 2.05) is 26.0 Å². The molecule has 3 N–H and O–H groups in total. The molecule has 0 atom stereocenters. The van der Waals surface area contributed by atoms with E-state index >= 15 is 0 Å². The van der Waals surface area contributed by atoms with Gasteiger partial charge in [0.05, 0.1) is 6.61 Å². The maximum Gasteiger partial charge on any atom is 0.219 e. The van der Waals surface area contributed by atoms with Crippen LogP contribution in [0.5, 0.6) is 5.75 Å². The highest BCUT2D eigenvalue weighted by molar-refractivity contribution is 5.75. The number of amides is 1. The second-order valence-electron chi connectivity index (χ2n) is 4.10. The van der Waals surface area contributed by atoms with Crippen molar-refractivity contribution in [1.82, 2.24) is 5.32 Å². The van der Waals surface area contributed by atoms with E-state index in [9.17, 15) is 4.79 Å². The van der Waals surface area contributed by atoms with Crippen molar-refractivity contribution in [3.05, 3.63) is 23.3 Å². The Morgan fingerprint density at radius 2 is 2.06 bits per heavy atom. The third-order valence-electron chi connectivity index (χ3n) is 2.65. The first-order valence-corrected chi connectivity index (χ1v) is 5.74. The maximum atomic E-state index is 11.0. The monoisotopic (exact) mass is 236 g/mol. The maximum absolute atomic E-state index is 11.0. The molecule has 0 saturated carbocycles. The number of ether oxygens (including phenoxy) is 1. The van der Waals surface area contributed by atoms with Crippen LogP contribution < -0.4 is 15.8 Å². The van der Waals surface area contributed by atoms with E-state index in [2.05, 4.69) is 5.32 Å². The highest BCUT2D eigenvalue weighted by atomic mass is 16.5. The van der Waals surface area contributed by atoms with Gasteiger partial charge in [-0.15, -0.1) is 0 Å². The second-order valence-corrected chi connectivity index (χ2v) is 4.10. The van der Waals surface area contributed by atoms with Crippen molar-refractivity contribution in [2.75, 3.05) is 19.4 Å². The lowest BCUT2D eigenvalue weighted by Crippen LogP contribution is -2.18. The summed E-state index contributed by atoms with van der Waals surface area (Å²) in [7, 11) is 1.63. The van der Waals surface area contributed by atoms with Crippen molar-refractivity contribution < 1.29 is 9.53 Å². The quantitative estimate of drug-likeness (QED) is 0.605. The summed E-state index contributed by atoms with van der Waals surface area (Å²) < 4.78 is 5.61. The van der Waals surface area contributed by atoms with E-state index in [0.717, 1.165) is 22.6 Å². The van der Waals surface area contributed by atoms with Crippen molar-refractivity contribution in [2.45, 2.75) is 26.7 Å². The van der Waals surface area contributed by atoms with Crippen LogP contribution in [0.25, 0.3) is 0 Å². The first-order valence-electron chi connectivity index (χ1n) is 5.74. The van der Waals surface area contributed by atoms with E-state index in [4.69, 9.17) is 10.5 Å². The molecule has 0 fully saturated rings. The van der Waals surface area contributed by atoms with Crippen molar-refractivity contribution in [1.29, 1.82) is 0 Å². The Labute approximate surface area is 102 Å². The summed E-state index contributed by atoms with van der Waals surface area (Å²) in [4.78, 5) is 11.0. The van der Waals surface area contributed by atoms with Crippen molar-refractivity contribution in [3.63, 3.8) is 0 Å². The van der Waals surface area contributed by atoms with Gasteiger partial charge in [-0.2, -0.15) is 0 Å². The zero-order chi connectivity index (χ0) is 12.8. The fraction of sp³-hybridized carbons (Fsp3) is 0.462. The van der Waals surface area contributed by atoms with Gasteiger partial charge >= 0.3 is 0 Å². The predicted molar refractivity (Wildman–Crippen MR) is 69.1 cm³/mol. The largest absolute Gasteiger partial charge is 0.493 e. The number of nitrogen functional groups attached to an aromatic ring is 1. The van der Waals surface area contributed by atoms with Crippen molar-refractivity contribution in [2.24, 2.45) is 0 Å². The molecule has 4 heteroatoms. The number of carbonyl (C=O) groups excluding carboxylic acids is 1. The highest BCUT2D eigenvalue weighted by Crippen LogP contribution is 2.24. The summed E-state index contributed by atoms with van der Waals surface area (Å²) in [6.45, 7) is 4.48. The van der Waals surface area contributed by atoms with Crippen LogP contribution in [-0.4, -0.2) is 19.6 Å². The minimum absolute atomic E-state index is 0.0359. The molecule has 0 radical (unpaired) electrons. The van der Waals surface area contributed by atoms with Gasteiger partial charge in [-0.05, 0) is 31.4 Å². The standard InChI is InChI=1S/C13H20N2O2/c1-9-7-10(2)12(8-11(9)14)17-6-4-5-13(16)15-3/h7-8H,4-6,14H2,1-3H3,(H,15,16). The summed E-state index contributed by atoms with van der Waals surface area (Å²) in [6.07, 6.45) is 1.18. The molecule has 0 heterocycles. The minimum Gasteiger partial charge on any atom is -0.493 e. The lowest BCUT2D eigenvalue weighted by molar-refractivity contribution is -0.120. The van der Waals surface area contributed by atoms with Gasteiger partial charge in [0.1, 0.15) is 5.75 Å². The van der Waals surface area contributed by atoms with Gasteiger partial charge in [0.15, 0.2) is 0 Å². The highest BCUT2D eigenvalue weighted by Gasteiger charge is 2.04. The molecule has 1 aromatic carbocycles. The molecule has 0 unspecified atom stereocenters. The van der Waals surface area contributed by atoms with Gasteiger partial charge in [0, 0.05) is 25.2 Å². The third kappa shape index (κ3) is 3.98. The molecule has 0 aliphatic rings. The molecule has 0 aromatic heterocycles. The van der Waals surface area contributed by atoms with Crippen LogP contribution in [0.1, 0.15) is 24.0 Å². The number of carbonyl (C=O) groups is 1. The van der Waals surface area contributed by atoms with Gasteiger partial charge in [-0.3, -0.25) is 4.79 Å². The third-order valence-corrected chi connectivity index (χ3v) is 2.65. The molecule has 0 aliphatic carbocycles. The van der Waals surface area contributed by atoms with Gasteiger partial charge < -0.3 is 15.8 Å². The summed E-state index contributed by atoms with van der Waals surface area (Å²) >= 11 is 0. The Hall–Kier alpha value is -1.71. The molecule has 0 spiro atoms. The number of aryl methyl sites for hydroxylation is 2. The van der Waals surface area contributed by atoms with Crippen LogP contribution in [0.4, 0.5) is 5.69 Å². The lowest BCUT2D eigenvalue weighted by Gasteiger charge is -2.11. The molecular weight excluding hydrogens is 216 g/mol. The molecule has 1 aromatic rings. The van der Waals surface area contributed by atoms with E-state index in [1.54, 1.807) is 7.05 Å². The van der Waals surface area contributed by atoms with E-state index in [1.165, 1.54) is 0 Å². The predicted octanol–water partition coefficient (Wildman–Crippen LogP) is 1.79. The molecule has 1 rings (SSSR count).